The molecule has 0 aliphatic rings. The number of carbonyl (C=O) groups is 1. The molecule has 2 aromatic carbocycles. The van der Waals surface area contributed by atoms with Crippen molar-refractivity contribution in [2.24, 2.45) is 0 Å². The van der Waals surface area contributed by atoms with Crippen molar-refractivity contribution in [3.8, 4) is 0 Å². The second-order valence-electron chi connectivity index (χ2n) is 6.21. The minimum atomic E-state index is 0.00590. The van der Waals surface area contributed by atoms with Gasteiger partial charge in [0, 0.05) is 23.2 Å². The fourth-order valence-electron chi connectivity index (χ4n) is 2.74. The lowest BCUT2D eigenvalue weighted by molar-refractivity contribution is -0.120. The molecule has 0 aliphatic heterocycles. The van der Waals surface area contributed by atoms with Crippen LogP contribution in [0.5, 0.6) is 0 Å². The molecule has 0 bridgehead atoms. The highest BCUT2D eigenvalue weighted by atomic mass is 16.3. The average molecular weight is 322 g/mol. The first-order chi connectivity index (χ1) is 11.5. The van der Waals surface area contributed by atoms with E-state index >= 15 is 0 Å². The highest BCUT2D eigenvalue weighted by Gasteiger charge is 2.11. The number of nitrogens with two attached hydrogens (primary N) is 1. The Kier molecular flexibility index (Phi) is 4.56. The van der Waals surface area contributed by atoms with Crippen molar-refractivity contribution in [3.63, 3.8) is 0 Å². The predicted octanol–water partition coefficient (Wildman–Crippen LogP) is 3.53. The van der Waals surface area contributed by atoms with Gasteiger partial charge in [-0.1, -0.05) is 12.1 Å². The number of aryl methyl sites for hydroxylation is 2. The van der Waals surface area contributed by atoms with Gasteiger partial charge in [0.15, 0.2) is 0 Å². The third-order valence-electron chi connectivity index (χ3n) is 4.34. The van der Waals surface area contributed by atoms with Crippen LogP contribution in [0.2, 0.25) is 0 Å². The summed E-state index contributed by atoms with van der Waals surface area (Å²) in [6.07, 6.45) is 2.80. The Morgan fingerprint density at radius 2 is 1.83 bits per heavy atom. The zero-order chi connectivity index (χ0) is 17.1. The van der Waals surface area contributed by atoms with E-state index in [0.29, 0.717) is 13.0 Å². The molecule has 4 nitrogen and oxygen atoms in total. The van der Waals surface area contributed by atoms with Crippen LogP contribution in [-0.2, 0) is 17.6 Å². The van der Waals surface area contributed by atoms with Crippen LogP contribution in [0.25, 0.3) is 11.0 Å². The summed E-state index contributed by atoms with van der Waals surface area (Å²) in [7, 11) is 0. The smallest absolute Gasteiger partial charge is 0.224 e. The van der Waals surface area contributed by atoms with Crippen molar-refractivity contribution >= 4 is 22.6 Å². The van der Waals surface area contributed by atoms with Crippen molar-refractivity contribution < 1.29 is 9.21 Å². The minimum Gasteiger partial charge on any atom is -0.464 e. The molecule has 3 N–H and O–H groups in total. The molecule has 24 heavy (non-hydrogen) atoms. The second kappa shape index (κ2) is 6.79. The molecule has 1 heterocycles. The molecule has 0 radical (unpaired) electrons. The van der Waals surface area contributed by atoms with Crippen LogP contribution in [0.4, 0.5) is 5.69 Å². The summed E-state index contributed by atoms with van der Waals surface area (Å²) in [4.78, 5) is 12.2. The Morgan fingerprint density at radius 3 is 2.58 bits per heavy atom. The van der Waals surface area contributed by atoms with Crippen LogP contribution in [0.1, 0.15) is 22.3 Å². The summed E-state index contributed by atoms with van der Waals surface area (Å²) in [5.74, 6) is 0.00590. The van der Waals surface area contributed by atoms with Gasteiger partial charge in [0.2, 0.25) is 5.91 Å². The van der Waals surface area contributed by atoms with Gasteiger partial charge < -0.3 is 15.5 Å². The zero-order valence-electron chi connectivity index (χ0n) is 14.1. The second-order valence-corrected chi connectivity index (χ2v) is 6.21. The molecule has 0 spiro atoms. The van der Waals surface area contributed by atoms with E-state index in [4.69, 9.17) is 10.2 Å². The van der Waals surface area contributed by atoms with Gasteiger partial charge in [-0.05, 0) is 61.2 Å². The zero-order valence-corrected chi connectivity index (χ0v) is 14.1. The summed E-state index contributed by atoms with van der Waals surface area (Å²) in [5.41, 5.74) is 11.7. The topological polar surface area (TPSA) is 68.3 Å². The van der Waals surface area contributed by atoms with E-state index in [-0.39, 0.29) is 5.91 Å². The van der Waals surface area contributed by atoms with Gasteiger partial charge in [0.1, 0.15) is 5.58 Å². The number of fused-ring (bicyclic) bond motifs is 1. The molecule has 0 saturated carbocycles. The molecule has 0 fully saturated rings. The Bertz CT molecular complexity index is 863. The number of benzene rings is 2. The Hall–Kier alpha value is -2.75. The number of anilines is 1. The predicted molar refractivity (Wildman–Crippen MR) is 97.0 cm³/mol. The number of rotatable bonds is 5. The molecule has 0 aliphatic carbocycles. The summed E-state index contributed by atoms with van der Waals surface area (Å²) in [6, 6.07) is 11.8. The average Bonchev–Trinajstić information content (AvgIpc) is 2.92. The molecule has 0 atom stereocenters. The molecular formula is C20H22N2O2. The van der Waals surface area contributed by atoms with E-state index in [1.165, 1.54) is 11.1 Å². The maximum Gasteiger partial charge on any atom is 0.224 e. The maximum atomic E-state index is 12.2. The Balaban J connectivity index is 1.59. The summed E-state index contributed by atoms with van der Waals surface area (Å²) in [6.45, 7) is 4.73. The van der Waals surface area contributed by atoms with Gasteiger partial charge in [0.05, 0.1) is 12.7 Å². The molecule has 124 valence electrons. The summed E-state index contributed by atoms with van der Waals surface area (Å²) in [5, 5.41) is 3.98. The van der Waals surface area contributed by atoms with Gasteiger partial charge in [-0.25, -0.2) is 0 Å². The molecule has 0 unspecified atom stereocenters. The quantitative estimate of drug-likeness (QED) is 0.706. The van der Waals surface area contributed by atoms with E-state index < -0.39 is 0 Å². The Labute approximate surface area is 141 Å². The first kappa shape index (κ1) is 16.1. The number of hydrogen-bond acceptors (Lipinski definition) is 3. The number of hydrogen-bond donors (Lipinski definition) is 2. The van der Waals surface area contributed by atoms with Crippen LogP contribution in [0, 0.1) is 13.8 Å². The van der Waals surface area contributed by atoms with Crippen LogP contribution >= 0.6 is 0 Å². The van der Waals surface area contributed by atoms with Gasteiger partial charge in [0.25, 0.3) is 0 Å². The lowest BCUT2D eigenvalue weighted by Crippen LogP contribution is -2.27. The van der Waals surface area contributed by atoms with Crippen molar-refractivity contribution in [2.45, 2.75) is 26.7 Å². The number of amides is 1. The highest BCUT2D eigenvalue weighted by molar-refractivity contribution is 5.88. The molecule has 1 aromatic heterocycles. The van der Waals surface area contributed by atoms with Crippen LogP contribution in [-0.4, -0.2) is 12.5 Å². The number of nitrogen functional groups attached to an aromatic ring is 1. The lowest BCUT2D eigenvalue weighted by atomic mass is 10.0. The van der Waals surface area contributed by atoms with Gasteiger partial charge in [-0.2, -0.15) is 0 Å². The molecule has 3 aromatic rings. The monoisotopic (exact) mass is 322 g/mol. The van der Waals surface area contributed by atoms with Crippen molar-refractivity contribution in [1.82, 2.24) is 5.32 Å². The number of carbonyl (C=O) groups excluding carboxylic acids is 1. The number of nitrogens with one attached hydrogen (secondary N) is 1. The molecule has 0 saturated heterocycles. The van der Waals surface area contributed by atoms with E-state index in [1.54, 1.807) is 6.26 Å². The third-order valence-corrected chi connectivity index (χ3v) is 4.34. The summed E-state index contributed by atoms with van der Waals surface area (Å²) < 4.78 is 5.58. The van der Waals surface area contributed by atoms with E-state index in [2.05, 4.69) is 25.2 Å². The Morgan fingerprint density at radius 1 is 1.12 bits per heavy atom. The molecular weight excluding hydrogens is 300 g/mol. The van der Waals surface area contributed by atoms with Gasteiger partial charge >= 0.3 is 0 Å². The minimum absolute atomic E-state index is 0.00590. The highest BCUT2D eigenvalue weighted by Crippen LogP contribution is 2.25. The van der Waals surface area contributed by atoms with E-state index in [9.17, 15) is 4.79 Å². The first-order valence-corrected chi connectivity index (χ1v) is 8.11. The standard InChI is InChI=1S/C20H22N2O2/c1-13-9-18-16(12-24-19(18)10-14(13)2)11-20(23)22-8-7-15-3-5-17(21)6-4-15/h3-6,9-10,12H,7-8,11,21H2,1-2H3,(H,22,23). The SMILES string of the molecule is Cc1cc2occ(CC(=O)NCCc3ccc(N)cc3)c2cc1C. The van der Waals surface area contributed by atoms with Crippen LogP contribution in [0.3, 0.4) is 0 Å². The fraction of sp³-hybridized carbons (Fsp3) is 0.250. The maximum absolute atomic E-state index is 12.2. The number of furan rings is 1. The largest absolute Gasteiger partial charge is 0.464 e. The van der Waals surface area contributed by atoms with Gasteiger partial charge in [-0.15, -0.1) is 0 Å². The van der Waals surface area contributed by atoms with Crippen LogP contribution < -0.4 is 11.1 Å². The summed E-state index contributed by atoms with van der Waals surface area (Å²) >= 11 is 0. The van der Waals surface area contributed by atoms with E-state index in [0.717, 1.165) is 34.2 Å². The first-order valence-electron chi connectivity index (χ1n) is 8.11. The molecule has 4 heteroatoms. The normalized spacial score (nSPS) is 10.9. The van der Waals surface area contributed by atoms with Crippen LogP contribution in [0.15, 0.2) is 47.1 Å². The van der Waals surface area contributed by atoms with Crippen molar-refractivity contribution in [1.29, 1.82) is 0 Å². The third kappa shape index (κ3) is 3.59. The van der Waals surface area contributed by atoms with Crippen molar-refractivity contribution in [3.05, 3.63) is 64.9 Å². The van der Waals surface area contributed by atoms with Crippen molar-refractivity contribution in [2.75, 3.05) is 12.3 Å². The fourth-order valence-corrected chi connectivity index (χ4v) is 2.74. The molecule has 3 rings (SSSR count). The van der Waals surface area contributed by atoms with E-state index in [1.807, 2.05) is 30.3 Å². The lowest BCUT2D eigenvalue weighted by Gasteiger charge is -2.06. The van der Waals surface area contributed by atoms with Gasteiger partial charge in [-0.3, -0.25) is 4.79 Å². The molecule has 1 amide bonds.